The lowest BCUT2D eigenvalue weighted by atomic mass is 10.0. The molecule has 6 heteroatoms. The summed E-state index contributed by atoms with van der Waals surface area (Å²) >= 11 is 5.90. The predicted octanol–water partition coefficient (Wildman–Crippen LogP) is 3.39. The van der Waals surface area contributed by atoms with Crippen molar-refractivity contribution in [2.24, 2.45) is 0 Å². The molecule has 21 heavy (non-hydrogen) atoms. The quantitative estimate of drug-likeness (QED) is 0.869. The first-order valence-electron chi connectivity index (χ1n) is 6.47. The molecule has 0 spiro atoms. The summed E-state index contributed by atoms with van der Waals surface area (Å²) in [5.74, 6) is -0.578. The van der Waals surface area contributed by atoms with Crippen molar-refractivity contribution < 1.29 is 19.1 Å². The number of ether oxygens (including phenoxy) is 2. The molecule has 1 aromatic carbocycles. The van der Waals surface area contributed by atoms with Crippen molar-refractivity contribution in [1.29, 1.82) is 0 Å². The normalized spacial score (nSPS) is 12.5. The van der Waals surface area contributed by atoms with Gasteiger partial charge in [-0.25, -0.2) is 9.59 Å². The lowest BCUT2D eigenvalue weighted by molar-refractivity contribution is -0.143. The number of rotatable bonds is 3. The molecule has 0 bridgehead atoms. The Morgan fingerprint density at radius 3 is 2.38 bits per heavy atom. The topological polar surface area (TPSA) is 64.6 Å². The van der Waals surface area contributed by atoms with E-state index >= 15 is 0 Å². The van der Waals surface area contributed by atoms with Gasteiger partial charge in [-0.2, -0.15) is 0 Å². The number of aryl methyl sites for hydroxylation is 1. The van der Waals surface area contributed by atoms with E-state index in [0.29, 0.717) is 10.6 Å². The van der Waals surface area contributed by atoms with Gasteiger partial charge in [-0.3, -0.25) is 0 Å². The van der Waals surface area contributed by atoms with Crippen LogP contribution < -0.4 is 5.32 Å². The molecule has 116 valence electrons. The summed E-state index contributed by atoms with van der Waals surface area (Å²) in [7, 11) is 1.26. The molecule has 5 nitrogen and oxygen atoms in total. The summed E-state index contributed by atoms with van der Waals surface area (Å²) in [6.07, 6.45) is -0.688. The van der Waals surface area contributed by atoms with Gasteiger partial charge in [-0.05, 0) is 51.0 Å². The highest BCUT2D eigenvalue weighted by Gasteiger charge is 2.27. The molecule has 0 saturated heterocycles. The van der Waals surface area contributed by atoms with Gasteiger partial charge in [-0.15, -0.1) is 0 Å². The Hall–Kier alpha value is -1.75. The van der Waals surface area contributed by atoms with Gasteiger partial charge in [0.25, 0.3) is 0 Å². The molecule has 1 amide bonds. The van der Waals surface area contributed by atoms with Crippen molar-refractivity contribution in [3.63, 3.8) is 0 Å². The number of nitrogens with one attached hydrogen (secondary N) is 1. The molecular weight excluding hydrogens is 294 g/mol. The van der Waals surface area contributed by atoms with Gasteiger partial charge in [0.15, 0.2) is 6.04 Å². The van der Waals surface area contributed by atoms with Gasteiger partial charge in [0.05, 0.1) is 7.11 Å². The monoisotopic (exact) mass is 313 g/mol. The smallest absolute Gasteiger partial charge is 0.408 e. The van der Waals surface area contributed by atoms with Crippen LogP contribution >= 0.6 is 11.6 Å². The zero-order valence-electron chi connectivity index (χ0n) is 12.8. The molecule has 0 aliphatic carbocycles. The third-order valence-electron chi connectivity index (χ3n) is 2.64. The van der Waals surface area contributed by atoms with E-state index in [9.17, 15) is 9.59 Å². The van der Waals surface area contributed by atoms with Crippen molar-refractivity contribution in [2.75, 3.05) is 7.11 Å². The Bertz CT molecular complexity index is 537. The molecule has 1 rings (SSSR count). The standard InChI is InChI=1S/C15H20ClNO4/c1-9-8-10(16)6-7-11(9)12(13(18)20-5)17-14(19)21-15(2,3)4/h6-8,12H,1-5H3,(H,17,19). The molecule has 1 unspecified atom stereocenters. The van der Waals surface area contributed by atoms with Crippen LogP contribution in [0.5, 0.6) is 0 Å². The molecule has 1 atom stereocenters. The van der Waals surface area contributed by atoms with Crippen LogP contribution in [0.15, 0.2) is 18.2 Å². The van der Waals surface area contributed by atoms with E-state index in [2.05, 4.69) is 5.32 Å². The summed E-state index contributed by atoms with van der Waals surface area (Å²) < 4.78 is 9.90. The largest absolute Gasteiger partial charge is 0.467 e. The molecule has 0 heterocycles. The highest BCUT2D eigenvalue weighted by Crippen LogP contribution is 2.23. The van der Waals surface area contributed by atoms with Crippen LogP contribution in [0, 0.1) is 6.92 Å². The van der Waals surface area contributed by atoms with E-state index in [1.54, 1.807) is 45.9 Å². The Morgan fingerprint density at radius 2 is 1.90 bits per heavy atom. The number of benzene rings is 1. The minimum absolute atomic E-state index is 0.553. The molecule has 1 aromatic rings. The van der Waals surface area contributed by atoms with Gasteiger partial charge < -0.3 is 14.8 Å². The van der Waals surface area contributed by atoms with Crippen LogP contribution in [-0.4, -0.2) is 24.8 Å². The summed E-state index contributed by atoms with van der Waals surface area (Å²) in [4.78, 5) is 23.8. The van der Waals surface area contributed by atoms with E-state index in [0.717, 1.165) is 5.56 Å². The van der Waals surface area contributed by atoms with Crippen molar-refractivity contribution in [3.05, 3.63) is 34.3 Å². The Kier molecular flexibility index (Phi) is 5.61. The van der Waals surface area contributed by atoms with E-state index in [1.165, 1.54) is 7.11 Å². The molecule has 0 aromatic heterocycles. The maximum atomic E-state index is 11.9. The highest BCUT2D eigenvalue weighted by atomic mass is 35.5. The third kappa shape index (κ3) is 5.27. The van der Waals surface area contributed by atoms with Gasteiger partial charge in [0, 0.05) is 5.02 Å². The number of alkyl carbamates (subject to hydrolysis) is 1. The number of hydrogen-bond donors (Lipinski definition) is 1. The number of carbonyl (C=O) groups is 2. The number of amides is 1. The zero-order chi connectivity index (χ0) is 16.2. The minimum Gasteiger partial charge on any atom is -0.467 e. The molecule has 0 aliphatic rings. The van der Waals surface area contributed by atoms with Crippen LogP contribution in [0.3, 0.4) is 0 Å². The molecule has 1 N–H and O–H groups in total. The van der Waals surface area contributed by atoms with Crippen molar-refractivity contribution in [2.45, 2.75) is 39.3 Å². The maximum absolute atomic E-state index is 11.9. The SMILES string of the molecule is COC(=O)C(NC(=O)OC(C)(C)C)c1ccc(Cl)cc1C. The van der Waals surface area contributed by atoms with Crippen LogP contribution in [0.2, 0.25) is 5.02 Å². The number of hydrogen-bond acceptors (Lipinski definition) is 4. The average molecular weight is 314 g/mol. The maximum Gasteiger partial charge on any atom is 0.408 e. The van der Waals surface area contributed by atoms with E-state index in [4.69, 9.17) is 21.1 Å². The second-order valence-corrected chi connectivity index (χ2v) is 6.04. The first-order chi connectivity index (χ1) is 9.64. The Balaban J connectivity index is 3.01. The van der Waals surface area contributed by atoms with Gasteiger partial charge >= 0.3 is 12.1 Å². The van der Waals surface area contributed by atoms with Gasteiger partial charge in [-0.1, -0.05) is 17.7 Å². The number of halogens is 1. The minimum atomic E-state index is -0.942. The molecule has 0 fully saturated rings. The average Bonchev–Trinajstić information content (AvgIpc) is 2.33. The van der Waals surface area contributed by atoms with Crippen LogP contribution in [0.4, 0.5) is 4.79 Å². The number of carbonyl (C=O) groups excluding carboxylic acids is 2. The van der Waals surface area contributed by atoms with Crippen molar-refractivity contribution >= 4 is 23.7 Å². The summed E-state index contributed by atoms with van der Waals surface area (Å²) in [5, 5.41) is 3.07. The second kappa shape index (κ2) is 6.80. The van der Waals surface area contributed by atoms with Crippen molar-refractivity contribution in [1.82, 2.24) is 5.32 Å². The lowest BCUT2D eigenvalue weighted by Gasteiger charge is -2.23. The summed E-state index contributed by atoms with van der Waals surface area (Å²) in [6, 6.07) is 4.10. The van der Waals surface area contributed by atoms with Crippen LogP contribution in [0.25, 0.3) is 0 Å². The lowest BCUT2D eigenvalue weighted by Crippen LogP contribution is -2.38. The molecule has 0 saturated carbocycles. The van der Waals surface area contributed by atoms with Crippen LogP contribution in [0.1, 0.15) is 37.9 Å². The second-order valence-electron chi connectivity index (χ2n) is 5.60. The van der Waals surface area contributed by atoms with Gasteiger partial charge in [0.2, 0.25) is 0 Å². The molecular formula is C15H20ClNO4. The fraction of sp³-hybridized carbons (Fsp3) is 0.467. The number of methoxy groups -OCH3 is 1. The first-order valence-corrected chi connectivity index (χ1v) is 6.85. The zero-order valence-corrected chi connectivity index (χ0v) is 13.6. The third-order valence-corrected chi connectivity index (χ3v) is 2.88. The number of esters is 1. The summed E-state index contributed by atoms with van der Waals surface area (Å²) in [6.45, 7) is 7.03. The Morgan fingerprint density at radius 1 is 1.29 bits per heavy atom. The van der Waals surface area contributed by atoms with Gasteiger partial charge in [0.1, 0.15) is 5.60 Å². The van der Waals surface area contributed by atoms with E-state index in [-0.39, 0.29) is 0 Å². The summed E-state index contributed by atoms with van der Waals surface area (Å²) in [5.41, 5.74) is 0.728. The van der Waals surface area contributed by atoms with E-state index < -0.39 is 23.7 Å². The highest BCUT2D eigenvalue weighted by molar-refractivity contribution is 6.30. The molecule has 0 aliphatic heterocycles. The molecule has 0 radical (unpaired) electrons. The van der Waals surface area contributed by atoms with Crippen LogP contribution in [-0.2, 0) is 14.3 Å². The van der Waals surface area contributed by atoms with E-state index in [1.807, 2.05) is 0 Å². The van der Waals surface area contributed by atoms with Crippen molar-refractivity contribution in [3.8, 4) is 0 Å². The fourth-order valence-corrected chi connectivity index (χ4v) is 2.00. The Labute approximate surface area is 129 Å². The first kappa shape index (κ1) is 17.3. The predicted molar refractivity (Wildman–Crippen MR) is 80.3 cm³/mol. The fourth-order valence-electron chi connectivity index (χ4n) is 1.77.